The Balaban J connectivity index is 2.51. The number of thioether (sulfide) groups is 1. The van der Waals surface area contributed by atoms with Gasteiger partial charge < -0.3 is 5.11 Å². The van der Waals surface area contributed by atoms with E-state index in [1.165, 1.54) is 0 Å². The van der Waals surface area contributed by atoms with Gasteiger partial charge >= 0.3 is 0 Å². The summed E-state index contributed by atoms with van der Waals surface area (Å²) in [6.45, 7) is 0.170. The minimum Gasteiger partial charge on any atom is -0.392 e. The SMILES string of the molecule is OCC1=CSCC=C1. The van der Waals surface area contributed by atoms with Crippen LogP contribution in [0.15, 0.2) is 23.1 Å². The van der Waals surface area contributed by atoms with Crippen molar-refractivity contribution < 1.29 is 5.11 Å². The van der Waals surface area contributed by atoms with E-state index in [-0.39, 0.29) is 6.61 Å². The molecular weight excluding hydrogens is 120 g/mol. The molecule has 1 aliphatic rings. The first-order valence-corrected chi connectivity index (χ1v) is 3.56. The molecule has 0 fully saturated rings. The molecule has 1 nitrogen and oxygen atoms in total. The molecule has 44 valence electrons. The average Bonchev–Trinajstić information content (AvgIpc) is 1.90. The third-order valence-corrected chi connectivity index (χ3v) is 1.80. The van der Waals surface area contributed by atoms with Gasteiger partial charge in [0.1, 0.15) is 0 Å². The van der Waals surface area contributed by atoms with Crippen molar-refractivity contribution in [3.63, 3.8) is 0 Å². The fourth-order valence-corrected chi connectivity index (χ4v) is 1.21. The molecule has 0 unspecified atom stereocenters. The third-order valence-electron chi connectivity index (χ3n) is 0.942. The van der Waals surface area contributed by atoms with Crippen molar-refractivity contribution in [1.29, 1.82) is 0 Å². The van der Waals surface area contributed by atoms with Gasteiger partial charge in [0.2, 0.25) is 0 Å². The maximum absolute atomic E-state index is 8.56. The Morgan fingerprint density at radius 3 is 3.00 bits per heavy atom. The third kappa shape index (κ3) is 1.39. The van der Waals surface area contributed by atoms with Gasteiger partial charge in [0.25, 0.3) is 0 Å². The quantitative estimate of drug-likeness (QED) is 0.572. The first-order valence-electron chi connectivity index (χ1n) is 2.51. The van der Waals surface area contributed by atoms with Crippen molar-refractivity contribution in [2.24, 2.45) is 0 Å². The largest absolute Gasteiger partial charge is 0.392 e. The second kappa shape index (κ2) is 2.95. The molecule has 0 bridgehead atoms. The van der Waals surface area contributed by atoms with E-state index in [0.717, 1.165) is 11.3 Å². The zero-order valence-electron chi connectivity index (χ0n) is 4.50. The molecule has 1 heterocycles. The summed E-state index contributed by atoms with van der Waals surface area (Å²) >= 11 is 1.72. The van der Waals surface area contributed by atoms with Gasteiger partial charge in [0.05, 0.1) is 6.61 Å². The van der Waals surface area contributed by atoms with Crippen LogP contribution in [0.2, 0.25) is 0 Å². The van der Waals surface area contributed by atoms with E-state index in [4.69, 9.17) is 5.11 Å². The minimum absolute atomic E-state index is 0.170. The molecule has 0 amide bonds. The lowest BCUT2D eigenvalue weighted by atomic mass is 10.3. The highest BCUT2D eigenvalue weighted by atomic mass is 32.2. The summed E-state index contributed by atoms with van der Waals surface area (Å²) in [5, 5.41) is 10.5. The standard InChI is InChI=1S/C6H8OS/c7-4-6-2-1-3-8-5-6/h1-2,5,7H,3-4H2. The molecule has 2 heteroatoms. The van der Waals surface area contributed by atoms with Gasteiger partial charge in [-0.15, -0.1) is 11.8 Å². The maximum Gasteiger partial charge on any atom is 0.0686 e. The molecule has 0 spiro atoms. The summed E-state index contributed by atoms with van der Waals surface area (Å²) in [5.41, 5.74) is 1.02. The van der Waals surface area contributed by atoms with Crippen molar-refractivity contribution in [2.45, 2.75) is 0 Å². The first kappa shape index (κ1) is 5.92. The van der Waals surface area contributed by atoms with Gasteiger partial charge in [-0.2, -0.15) is 0 Å². The molecule has 0 aromatic rings. The van der Waals surface area contributed by atoms with Crippen LogP contribution in [0.3, 0.4) is 0 Å². The molecule has 0 aromatic carbocycles. The first-order chi connectivity index (χ1) is 3.93. The van der Waals surface area contributed by atoms with Gasteiger partial charge in [-0.05, 0) is 11.0 Å². The topological polar surface area (TPSA) is 20.2 Å². The fourth-order valence-electron chi connectivity index (χ4n) is 0.539. The monoisotopic (exact) mass is 128 g/mol. The van der Waals surface area contributed by atoms with E-state index in [0.29, 0.717) is 0 Å². The molecule has 0 aromatic heterocycles. The second-order valence-corrected chi connectivity index (χ2v) is 2.49. The van der Waals surface area contributed by atoms with Crippen LogP contribution in [0, 0.1) is 0 Å². The fraction of sp³-hybridized carbons (Fsp3) is 0.333. The van der Waals surface area contributed by atoms with Gasteiger partial charge in [-0.3, -0.25) is 0 Å². The summed E-state index contributed by atoms with van der Waals surface area (Å²) in [5.74, 6) is 1.05. The minimum atomic E-state index is 0.170. The normalized spacial score (nSPS) is 18.4. The summed E-state index contributed by atoms with van der Waals surface area (Å²) in [7, 11) is 0. The van der Waals surface area contributed by atoms with Crippen LogP contribution in [-0.4, -0.2) is 17.5 Å². The molecule has 0 saturated carbocycles. The maximum atomic E-state index is 8.56. The predicted octanol–water partition coefficient (Wildman–Crippen LogP) is 1.17. The number of rotatable bonds is 1. The molecule has 0 aliphatic carbocycles. The van der Waals surface area contributed by atoms with Gasteiger partial charge in [0, 0.05) is 5.75 Å². The van der Waals surface area contributed by atoms with Crippen LogP contribution in [-0.2, 0) is 0 Å². The smallest absolute Gasteiger partial charge is 0.0686 e. The van der Waals surface area contributed by atoms with Gasteiger partial charge in [0.15, 0.2) is 0 Å². The highest BCUT2D eigenvalue weighted by Crippen LogP contribution is 2.13. The van der Waals surface area contributed by atoms with Crippen LogP contribution in [0.4, 0.5) is 0 Å². The van der Waals surface area contributed by atoms with Gasteiger partial charge in [-0.1, -0.05) is 12.2 Å². The molecule has 1 aliphatic heterocycles. The van der Waals surface area contributed by atoms with Crippen molar-refractivity contribution >= 4 is 11.8 Å². The van der Waals surface area contributed by atoms with E-state index in [1.807, 2.05) is 11.5 Å². The molecule has 0 atom stereocenters. The van der Waals surface area contributed by atoms with Crippen molar-refractivity contribution in [3.05, 3.63) is 23.1 Å². The Kier molecular flexibility index (Phi) is 2.18. The van der Waals surface area contributed by atoms with E-state index in [1.54, 1.807) is 11.8 Å². The van der Waals surface area contributed by atoms with E-state index >= 15 is 0 Å². The summed E-state index contributed by atoms with van der Waals surface area (Å²) in [6, 6.07) is 0. The predicted molar refractivity (Wildman–Crippen MR) is 36.8 cm³/mol. The summed E-state index contributed by atoms with van der Waals surface area (Å²) in [4.78, 5) is 0. The molecule has 1 N–H and O–H groups in total. The van der Waals surface area contributed by atoms with E-state index in [9.17, 15) is 0 Å². The zero-order valence-corrected chi connectivity index (χ0v) is 5.32. The van der Waals surface area contributed by atoms with Crippen LogP contribution in [0.1, 0.15) is 0 Å². The lowest BCUT2D eigenvalue weighted by Gasteiger charge is -2.00. The van der Waals surface area contributed by atoms with Crippen molar-refractivity contribution in [1.82, 2.24) is 0 Å². The Labute approximate surface area is 53.1 Å². The summed E-state index contributed by atoms with van der Waals surface area (Å²) < 4.78 is 0. The Morgan fingerprint density at radius 1 is 1.75 bits per heavy atom. The number of hydrogen-bond donors (Lipinski definition) is 1. The average molecular weight is 128 g/mol. The highest BCUT2D eigenvalue weighted by molar-refractivity contribution is 8.02. The molecule has 8 heavy (non-hydrogen) atoms. The summed E-state index contributed by atoms with van der Waals surface area (Å²) in [6.07, 6.45) is 4.01. The molecular formula is C6H8OS. The second-order valence-electron chi connectivity index (χ2n) is 1.59. The van der Waals surface area contributed by atoms with Gasteiger partial charge in [-0.25, -0.2) is 0 Å². The lowest BCUT2D eigenvalue weighted by Crippen LogP contribution is -1.88. The lowest BCUT2D eigenvalue weighted by molar-refractivity contribution is 0.335. The number of aliphatic hydroxyl groups is 1. The Hall–Kier alpha value is -0.210. The zero-order chi connectivity index (χ0) is 5.82. The molecule has 1 rings (SSSR count). The van der Waals surface area contributed by atoms with Crippen molar-refractivity contribution in [3.8, 4) is 0 Å². The van der Waals surface area contributed by atoms with E-state index in [2.05, 4.69) is 6.08 Å². The number of aliphatic hydroxyl groups excluding tert-OH is 1. The van der Waals surface area contributed by atoms with Crippen LogP contribution in [0.5, 0.6) is 0 Å². The molecule has 0 saturated heterocycles. The van der Waals surface area contributed by atoms with Crippen LogP contribution in [0.25, 0.3) is 0 Å². The Bertz CT molecular complexity index is 126. The van der Waals surface area contributed by atoms with E-state index < -0.39 is 0 Å². The number of hydrogen-bond acceptors (Lipinski definition) is 2. The highest BCUT2D eigenvalue weighted by Gasteiger charge is 1.92. The van der Waals surface area contributed by atoms with Crippen molar-refractivity contribution in [2.75, 3.05) is 12.4 Å². The van der Waals surface area contributed by atoms with Crippen LogP contribution < -0.4 is 0 Å². The Morgan fingerprint density at radius 2 is 2.62 bits per heavy atom. The van der Waals surface area contributed by atoms with Crippen LogP contribution >= 0.6 is 11.8 Å². The molecule has 0 radical (unpaired) electrons.